The van der Waals surface area contributed by atoms with Gasteiger partial charge in [0, 0.05) is 23.0 Å². The molecule has 0 radical (unpaired) electrons. The van der Waals surface area contributed by atoms with Crippen LogP contribution in [-0.4, -0.2) is 53.5 Å². The minimum Gasteiger partial charge on any atom is -0.393 e. The topological polar surface area (TPSA) is 102 Å². The molecule has 3 rings (SSSR count). The van der Waals surface area contributed by atoms with Crippen LogP contribution in [0.1, 0.15) is 11.1 Å². The molecule has 2 N–H and O–H groups in total. The Hall–Kier alpha value is -1.81. The zero-order valence-corrected chi connectivity index (χ0v) is 18.1. The summed E-state index contributed by atoms with van der Waals surface area (Å²) in [7, 11) is -4.26. The molecule has 0 aromatic heterocycles. The molecule has 3 unspecified atom stereocenters. The molecule has 1 fully saturated rings. The molecule has 31 heavy (non-hydrogen) atoms. The summed E-state index contributed by atoms with van der Waals surface area (Å²) >= 11 is 5.82. The van der Waals surface area contributed by atoms with Crippen molar-refractivity contribution in [1.82, 2.24) is 4.31 Å². The summed E-state index contributed by atoms with van der Waals surface area (Å²) in [5.41, 5.74) is -3.44. The second-order valence-corrected chi connectivity index (χ2v) is 10.4. The molecule has 1 heterocycles. The van der Waals surface area contributed by atoms with E-state index in [1.54, 1.807) is 6.07 Å². The Labute approximate surface area is 185 Å². The number of nitrogens with zero attached hydrogens (tertiary/aromatic N) is 2. The first-order chi connectivity index (χ1) is 14.5. The summed E-state index contributed by atoms with van der Waals surface area (Å²) < 4.78 is 67.5. The molecule has 2 aromatic carbocycles. The molecular weight excluding hydrogens is 477 g/mol. The Balaban J connectivity index is 1.95. The van der Waals surface area contributed by atoms with E-state index in [-0.39, 0.29) is 12.1 Å². The van der Waals surface area contributed by atoms with Crippen molar-refractivity contribution in [2.45, 2.75) is 26.8 Å². The van der Waals surface area contributed by atoms with Crippen molar-refractivity contribution in [3.63, 3.8) is 0 Å². The van der Waals surface area contributed by atoms with Crippen LogP contribution in [0, 0.1) is 11.3 Å². The summed E-state index contributed by atoms with van der Waals surface area (Å²) in [6.07, 6.45) is -4.86. The summed E-state index contributed by atoms with van der Waals surface area (Å²) in [5, 5.41) is 28.7. The van der Waals surface area contributed by atoms with Gasteiger partial charge in [-0.2, -0.15) is 18.4 Å². The van der Waals surface area contributed by atoms with Gasteiger partial charge in [0.2, 0.25) is 0 Å². The van der Waals surface area contributed by atoms with Crippen LogP contribution in [0.2, 0.25) is 5.02 Å². The number of hydrogen-bond donors (Lipinski definition) is 2. The van der Waals surface area contributed by atoms with Crippen molar-refractivity contribution in [2.24, 2.45) is 0 Å². The van der Waals surface area contributed by atoms with Crippen LogP contribution in [0.3, 0.4) is 0 Å². The van der Waals surface area contributed by atoms with E-state index in [2.05, 4.69) is 0 Å². The van der Waals surface area contributed by atoms with E-state index in [4.69, 9.17) is 16.9 Å². The van der Waals surface area contributed by atoms with Gasteiger partial charge in [-0.3, -0.25) is 4.21 Å². The predicted molar refractivity (Wildman–Crippen MR) is 108 cm³/mol. The third-order valence-electron chi connectivity index (χ3n) is 4.83. The molecule has 0 amide bonds. The number of nitriles is 1. The molecule has 1 aliphatic heterocycles. The monoisotopic (exact) mass is 492 g/mol. The Morgan fingerprint density at radius 3 is 2.42 bits per heavy atom. The Morgan fingerprint density at radius 2 is 1.87 bits per heavy atom. The number of hydrogen-bond acceptors (Lipinski definition) is 5. The van der Waals surface area contributed by atoms with Gasteiger partial charge >= 0.3 is 6.18 Å². The fraction of sp³-hybridized carbons (Fsp3) is 0.316. The highest BCUT2D eigenvalue weighted by Crippen LogP contribution is 2.37. The highest BCUT2D eigenvalue weighted by Gasteiger charge is 2.51. The quantitative estimate of drug-likeness (QED) is 0.667. The van der Waals surface area contributed by atoms with E-state index >= 15 is 0 Å². The molecule has 2 aromatic rings. The Kier molecular flexibility index (Phi) is 6.90. The van der Waals surface area contributed by atoms with E-state index in [0.717, 1.165) is 16.4 Å². The fourth-order valence-corrected chi connectivity index (χ4v) is 6.48. The Bertz CT molecular complexity index is 1080. The lowest BCUT2D eigenvalue weighted by molar-refractivity contribution is -0.139. The molecule has 0 bridgehead atoms. The maximum Gasteiger partial charge on any atom is 0.417 e. The summed E-state index contributed by atoms with van der Waals surface area (Å²) in [6, 6.07) is 10.2. The number of aliphatic hydroxyl groups excluding tert-OH is 1. The van der Waals surface area contributed by atoms with Crippen molar-refractivity contribution in [3.05, 3.63) is 58.6 Å². The number of benzene rings is 2. The van der Waals surface area contributed by atoms with E-state index < -0.39 is 62.4 Å². The molecule has 0 saturated carbocycles. The van der Waals surface area contributed by atoms with Crippen LogP contribution >= 0.6 is 11.6 Å². The normalized spacial score (nSPS) is 24.0. The zero-order chi connectivity index (χ0) is 23.0. The number of rotatable bonds is 5. The maximum atomic E-state index is 13.5. The highest BCUT2D eigenvalue weighted by molar-refractivity contribution is 7.86. The van der Waals surface area contributed by atoms with Crippen molar-refractivity contribution < 1.29 is 31.8 Å². The lowest BCUT2D eigenvalue weighted by atomic mass is 10.1. The van der Waals surface area contributed by atoms with Gasteiger partial charge in [0.15, 0.2) is 0 Å². The minimum atomic E-state index is -4.86. The van der Waals surface area contributed by atoms with Gasteiger partial charge in [0.25, 0.3) is 0 Å². The van der Waals surface area contributed by atoms with Crippen LogP contribution in [0.4, 0.5) is 13.2 Å². The van der Waals surface area contributed by atoms with Gasteiger partial charge in [-0.1, -0.05) is 11.6 Å². The molecule has 0 aliphatic carbocycles. The fourth-order valence-electron chi connectivity index (χ4n) is 3.22. The number of aliphatic hydroxyl groups is 2. The van der Waals surface area contributed by atoms with Crippen LogP contribution in [0.15, 0.2) is 52.3 Å². The lowest BCUT2D eigenvalue weighted by Gasteiger charge is -2.26. The van der Waals surface area contributed by atoms with E-state index in [1.165, 1.54) is 24.3 Å². The van der Waals surface area contributed by atoms with Crippen LogP contribution in [0.25, 0.3) is 0 Å². The van der Waals surface area contributed by atoms with Crippen molar-refractivity contribution >= 4 is 33.4 Å². The van der Waals surface area contributed by atoms with Crippen molar-refractivity contribution in [1.29, 1.82) is 5.26 Å². The minimum absolute atomic E-state index is 0.247. The van der Waals surface area contributed by atoms with Gasteiger partial charge in [0.1, 0.15) is 16.6 Å². The van der Waals surface area contributed by atoms with Gasteiger partial charge in [-0.25, -0.2) is 8.51 Å². The average molecular weight is 493 g/mol. The first-order valence-corrected chi connectivity index (χ1v) is 11.5. The molecule has 6 nitrogen and oxygen atoms in total. The van der Waals surface area contributed by atoms with Gasteiger partial charge in [-0.05, 0) is 42.5 Å². The van der Waals surface area contributed by atoms with Crippen LogP contribution in [0.5, 0.6) is 0 Å². The number of alkyl halides is 3. The smallest absolute Gasteiger partial charge is 0.393 e. The van der Waals surface area contributed by atoms with Gasteiger partial charge in [0.05, 0.1) is 44.7 Å². The first kappa shape index (κ1) is 23.8. The van der Waals surface area contributed by atoms with Crippen molar-refractivity contribution in [2.75, 3.05) is 19.7 Å². The summed E-state index contributed by atoms with van der Waals surface area (Å²) in [6.45, 7) is -1.59. The second kappa shape index (κ2) is 8.97. The molecule has 12 heteroatoms. The molecule has 1 aliphatic rings. The van der Waals surface area contributed by atoms with E-state index in [1.807, 2.05) is 0 Å². The van der Waals surface area contributed by atoms with E-state index in [9.17, 15) is 31.8 Å². The third-order valence-corrected chi connectivity index (χ3v) is 8.41. The largest absolute Gasteiger partial charge is 0.417 e. The van der Waals surface area contributed by atoms with Gasteiger partial charge < -0.3 is 10.2 Å². The molecule has 1 saturated heterocycles. The zero-order valence-electron chi connectivity index (χ0n) is 15.7. The standard InChI is InChI=1S/C19H16ClF3N2O4S2/c20-13-2-4-14(5-3-13)30(28)17-9-25(10-18(17,27)11-26)31(29)16-6-1-12(8-24)7-15(16)19(21,22)23/h1-7,17,26-27H,9-11H2/t17-,18?,30?,31?/m0/s1. The summed E-state index contributed by atoms with van der Waals surface area (Å²) in [4.78, 5) is -0.298. The van der Waals surface area contributed by atoms with Crippen LogP contribution in [-0.2, 0) is 28.0 Å². The maximum absolute atomic E-state index is 13.5. The molecule has 0 spiro atoms. The highest BCUT2D eigenvalue weighted by atomic mass is 35.5. The van der Waals surface area contributed by atoms with Crippen LogP contribution < -0.4 is 0 Å². The number of β-amino-alcohol motifs (C(OH)–C–C–N with tert-alkyl or cyclic N) is 1. The second-order valence-electron chi connectivity index (χ2n) is 6.89. The predicted octanol–water partition coefficient (Wildman–Crippen LogP) is 2.47. The number of halogens is 4. The molecule has 4 atom stereocenters. The summed E-state index contributed by atoms with van der Waals surface area (Å²) in [5.74, 6) is 0. The lowest BCUT2D eigenvalue weighted by Crippen LogP contribution is -2.47. The van der Waals surface area contributed by atoms with Crippen molar-refractivity contribution in [3.8, 4) is 6.07 Å². The Morgan fingerprint density at radius 1 is 1.23 bits per heavy atom. The first-order valence-electron chi connectivity index (χ1n) is 8.78. The average Bonchev–Trinajstić information content (AvgIpc) is 3.10. The molecular formula is C19H16ClF3N2O4S2. The third kappa shape index (κ3) is 4.84. The van der Waals surface area contributed by atoms with E-state index in [0.29, 0.717) is 16.0 Å². The molecule has 166 valence electrons. The van der Waals surface area contributed by atoms with Gasteiger partial charge in [-0.15, -0.1) is 0 Å². The SMILES string of the molecule is N#Cc1ccc(S(=O)N2C[C@H](S(=O)c3ccc(Cl)cc3)C(O)(CO)C2)c(C(F)(F)F)c1.